The van der Waals surface area contributed by atoms with Gasteiger partial charge < -0.3 is 15.5 Å². The molecule has 25 heavy (non-hydrogen) atoms. The molecule has 0 saturated heterocycles. The van der Waals surface area contributed by atoms with E-state index in [0.717, 1.165) is 5.56 Å². The summed E-state index contributed by atoms with van der Waals surface area (Å²) in [5.74, 6) is -0.123. The van der Waals surface area contributed by atoms with Crippen molar-refractivity contribution in [2.45, 2.75) is 32.9 Å². The molecule has 1 aromatic rings. The predicted octanol–water partition coefficient (Wildman–Crippen LogP) is 1.25. The number of likely N-dealkylation sites (N-methyl/N-ethyl adjacent to an activating group) is 2. The lowest BCUT2D eigenvalue weighted by atomic mass is 10.1. The fraction of sp³-hybridized carbons (Fsp3) is 0.579. The Hall–Kier alpha value is -1.92. The minimum Gasteiger partial charge on any atom is -0.353 e. The second kappa shape index (κ2) is 10.8. The molecule has 0 fully saturated rings. The second-order valence-corrected chi connectivity index (χ2v) is 6.72. The van der Waals surface area contributed by atoms with Crippen LogP contribution >= 0.6 is 0 Å². The van der Waals surface area contributed by atoms with Gasteiger partial charge in [-0.15, -0.1) is 0 Å². The lowest BCUT2D eigenvalue weighted by Crippen LogP contribution is -2.45. The van der Waals surface area contributed by atoms with Crippen molar-refractivity contribution in [2.24, 2.45) is 0 Å². The number of hydrogen-bond donors (Lipinski definition) is 2. The summed E-state index contributed by atoms with van der Waals surface area (Å²) < 4.78 is 0. The standard InChI is InChI=1S/C19H32N4O2/c1-6-23(14-19(25)21-15(2)3)13-18(24)20-12-17(22(4)5)16-10-8-7-9-11-16/h7-11,15,17H,6,12-14H2,1-5H3,(H,20,24)(H,21,25). The average molecular weight is 348 g/mol. The molecule has 1 aromatic carbocycles. The third kappa shape index (κ3) is 8.14. The summed E-state index contributed by atoms with van der Waals surface area (Å²) in [6.07, 6.45) is 0. The van der Waals surface area contributed by atoms with Crippen LogP contribution < -0.4 is 10.6 Å². The molecule has 0 spiro atoms. The summed E-state index contributed by atoms with van der Waals surface area (Å²) in [6.45, 7) is 7.43. The number of nitrogens with one attached hydrogen (secondary N) is 2. The van der Waals surface area contributed by atoms with Crippen LogP contribution in [0.5, 0.6) is 0 Å². The Morgan fingerprint density at radius 3 is 2.16 bits per heavy atom. The molecule has 1 atom stereocenters. The Bertz CT molecular complexity index is 531. The SMILES string of the molecule is CCN(CC(=O)NCC(c1ccccc1)N(C)C)CC(=O)NC(C)C. The van der Waals surface area contributed by atoms with E-state index in [0.29, 0.717) is 13.1 Å². The normalized spacial score (nSPS) is 12.5. The van der Waals surface area contributed by atoms with Gasteiger partial charge in [0.25, 0.3) is 0 Å². The minimum atomic E-state index is -0.0676. The number of amides is 2. The van der Waals surface area contributed by atoms with E-state index < -0.39 is 0 Å². The highest BCUT2D eigenvalue weighted by Gasteiger charge is 2.17. The molecule has 0 saturated carbocycles. The highest BCUT2D eigenvalue weighted by molar-refractivity contribution is 5.81. The number of nitrogens with zero attached hydrogens (tertiary/aromatic N) is 2. The van der Waals surface area contributed by atoms with Gasteiger partial charge in [-0.2, -0.15) is 0 Å². The average Bonchev–Trinajstić information content (AvgIpc) is 2.54. The topological polar surface area (TPSA) is 64.7 Å². The second-order valence-electron chi connectivity index (χ2n) is 6.72. The van der Waals surface area contributed by atoms with Gasteiger partial charge in [0.05, 0.1) is 19.1 Å². The van der Waals surface area contributed by atoms with Gasteiger partial charge >= 0.3 is 0 Å². The third-order valence-corrected chi connectivity index (χ3v) is 3.93. The molecule has 0 aliphatic carbocycles. The van der Waals surface area contributed by atoms with E-state index in [1.54, 1.807) is 0 Å². The Kier molecular flexibility index (Phi) is 9.16. The number of carbonyl (C=O) groups is 2. The van der Waals surface area contributed by atoms with E-state index in [1.807, 2.05) is 58.0 Å². The zero-order valence-corrected chi connectivity index (χ0v) is 16.1. The Morgan fingerprint density at radius 1 is 1.04 bits per heavy atom. The molecule has 0 bridgehead atoms. The van der Waals surface area contributed by atoms with E-state index in [2.05, 4.69) is 27.7 Å². The lowest BCUT2D eigenvalue weighted by molar-refractivity contribution is -0.125. The Labute approximate surface area is 151 Å². The molecule has 0 aliphatic heterocycles. The summed E-state index contributed by atoms with van der Waals surface area (Å²) in [6, 6.07) is 10.3. The summed E-state index contributed by atoms with van der Waals surface area (Å²) in [7, 11) is 4.00. The monoisotopic (exact) mass is 348 g/mol. The van der Waals surface area contributed by atoms with Crippen molar-refractivity contribution < 1.29 is 9.59 Å². The summed E-state index contributed by atoms with van der Waals surface area (Å²) in [5.41, 5.74) is 1.16. The van der Waals surface area contributed by atoms with Crippen LogP contribution in [-0.4, -0.2) is 67.9 Å². The van der Waals surface area contributed by atoms with E-state index in [1.165, 1.54) is 0 Å². The summed E-state index contributed by atoms with van der Waals surface area (Å²) in [5, 5.41) is 5.84. The first-order chi connectivity index (χ1) is 11.8. The fourth-order valence-corrected chi connectivity index (χ4v) is 2.59. The Morgan fingerprint density at radius 2 is 1.64 bits per heavy atom. The van der Waals surface area contributed by atoms with Crippen molar-refractivity contribution in [3.8, 4) is 0 Å². The van der Waals surface area contributed by atoms with Crippen molar-refractivity contribution >= 4 is 11.8 Å². The van der Waals surface area contributed by atoms with Crippen molar-refractivity contribution in [2.75, 3.05) is 40.3 Å². The molecule has 2 N–H and O–H groups in total. The van der Waals surface area contributed by atoms with Gasteiger partial charge in [-0.25, -0.2) is 0 Å². The van der Waals surface area contributed by atoms with Gasteiger partial charge in [0.15, 0.2) is 0 Å². The summed E-state index contributed by atoms with van der Waals surface area (Å²) >= 11 is 0. The van der Waals surface area contributed by atoms with Gasteiger partial charge in [0, 0.05) is 12.6 Å². The largest absolute Gasteiger partial charge is 0.353 e. The lowest BCUT2D eigenvalue weighted by Gasteiger charge is -2.26. The first kappa shape index (κ1) is 21.1. The first-order valence-electron chi connectivity index (χ1n) is 8.83. The highest BCUT2D eigenvalue weighted by Crippen LogP contribution is 2.16. The van der Waals surface area contributed by atoms with E-state index in [4.69, 9.17) is 0 Å². The van der Waals surface area contributed by atoms with Gasteiger partial charge in [-0.05, 0) is 40.1 Å². The third-order valence-electron chi connectivity index (χ3n) is 3.93. The molecule has 0 aromatic heterocycles. The maximum absolute atomic E-state index is 12.3. The molecule has 140 valence electrons. The van der Waals surface area contributed by atoms with Gasteiger partial charge in [-0.1, -0.05) is 37.3 Å². The maximum atomic E-state index is 12.3. The van der Waals surface area contributed by atoms with Crippen LogP contribution in [0.1, 0.15) is 32.4 Å². The van der Waals surface area contributed by atoms with E-state index in [9.17, 15) is 9.59 Å². The molecular weight excluding hydrogens is 316 g/mol. The number of hydrogen-bond acceptors (Lipinski definition) is 4. The molecular formula is C19H32N4O2. The van der Waals surface area contributed by atoms with Crippen molar-refractivity contribution in [3.63, 3.8) is 0 Å². The highest BCUT2D eigenvalue weighted by atomic mass is 16.2. The summed E-state index contributed by atoms with van der Waals surface area (Å²) in [4.78, 5) is 28.0. The molecule has 1 rings (SSSR count). The number of carbonyl (C=O) groups excluding carboxylic acids is 2. The first-order valence-corrected chi connectivity index (χ1v) is 8.83. The smallest absolute Gasteiger partial charge is 0.234 e. The van der Waals surface area contributed by atoms with Crippen LogP contribution in [0.25, 0.3) is 0 Å². The van der Waals surface area contributed by atoms with Gasteiger partial charge in [0.2, 0.25) is 11.8 Å². The van der Waals surface area contributed by atoms with Crippen LogP contribution in [0.4, 0.5) is 0 Å². The van der Waals surface area contributed by atoms with Crippen molar-refractivity contribution in [1.82, 2.24) is 20.4 Å². The molecule has 6 heteroatoms. The Balaban J connectivity index is 2.52. The molecule has 6 nitrogen and oxygen atoms in total. The van der Waals surface area contributed by atoms with Crippen LogP contribution in [0, 0.1) is 0 Å². The zero-order valence-electron chi connectivity index (χ0n) is 16.1. The van der Waals surface area contributed by atoms with Crippen LogP contribution in [-0.2, 0) is 9.59 Å². The van der Waals surface area contributed by atoms with Crippen LogP contribution in [0.2, 0.25) is 0 Å². The number of benzene rings is 1. The van der Waals surface area contributed by atoms with Crippen molar-refractivity contribution in [1.29, 1.82) is 0 Å². The molecule has 0 radical (unpaired) electrons. The molecule has 1 unspecified atom stereocenters. The number of rotatable bonds is 10. The van der Waals surface area contributed by atoms with E-state index >= 15 is 0 Å². The fourth-order valence-electron chi connectivity index (χ4n) is 2.59. The van der Waals surface area contributed by atoms with Gasteiger partial charge in [0.1, 0.15) is 0 Å². The zero-order chi connectivity index (χ0) is 18.8. The maximum Gasteiger partial charge on any atom is 0.234 e. The predicted molar refractivity (Wildman–Crippen MR) is 101 cm³/mol. The van der Waals surface area contributed by atoms with E-state index in [-0.39, 0.29) is 37.0 Å². The van der Waals surface area contributed by atoms with Crippen LogP contribution in [0.3, 0.4) is 0 Å². The van der Waals surface area contributed by atoms with Gasteiger partial charge in [-0.3, -0.25) is 14.5 Å². The minimum absolute atomic E-state index is 0.0555. The molecule has 0 aliphatic rings. The quantitative estimate of drug-likeness (QED) is 0.668. The van der Waals surface area contributed by atoms with Crippen LogP contribution in [0.15, 0.2) is 30.3 Å². The molecule has 0 heterocycles. The molecule has 2 amide bonds. The van der Waals surface area contributed by atoms with Crippen molar-refractivity contribution in [3.05, 3.63) is 35.9 Å².